The monoisotopic (exact) mass is 396 g/mol. The van der Waals surface area contributed by atoms with Crippen LogP contribution in [-0.2, 0) is 13.0 Å². The van der Waals surface area contributed by atoms with Crippen molar-refractivity contribution in [1.82, 2.24) is 9.55 Å². The first-order chi connectivity index (χ1) is 13.5. The van der Waals surface area contributed by atoms with Gasteiger partial charge < -0.3 is 11.1 Å². The van der Waals surface area contributed by atoms with E-state index in [2.05, 4.69) is 10.3 Å². The summed E-state index contributed by atoms with van der Waals surface area (Å²) >= 11 is 1.21. The Balaban J connectivity index is 1.77. The Morgan fingerprint density at radius 2 is 2.00 bits per heavy atom. The molecule has 0 radical (unpaired) electrons. The smallest absolute Gasteiger partial charge is 0.266 e. The first-order valence-corrected chi connectivity index (χ1v) is 10.0. The van der Waals surface area contributed by atoms with Gasteiger partial charge in [0, 0.05) is 13.0 Å². The number of fused-ring (bicyclic) bond motifs is 2. The predicted octanol–water partition coefficient (Wildman–Crippen LogP) is 2.84. The molecule has 3 N–H and O–H groups in total. The second kappa shape index (κ2) is 7.20. The lowest BCUT2D eigenvalue weighted by Crippen LogP contribution is -2.24. The SMILES string of the molecule is Cc1c(C(=O)Nc2ccccc2C(N)=O)sc2nc3n(c(=O)c12)CCCCC3. The second-order valence-corrected chi connectivity index (χ2v) is 7.89. The number of carbonyl (C=O) groups excluding carboxylic acids is 2. The van der Waals surface area contributed by atoms with Gasteiger partial charge in [-0.25, -0.2) is 4.98 Å². The Morgan fingerprint density at radius 3 is 2.79 bits per heavy atom. The lowest BCUT2D eigenvalue weighted by atomic mass is 10.1. The third kappa shape index (κ3) is 3.09. The van der Waals surface area contributed by atoms with E-state index >= 15 is 0 Å². The highest BCUT2D eigenvalue weighted by Crippen LogP contribution is 2.29. The number of aryl methyl sites for hydroxylation is 2. The van der Waals surface area contributed by atoms with Crippen molar-refractivity contribution in [3.05, 3.63) is 56.4 Å². The number of hydrogen-bond acceptors (Lipinski definition) is 5. The summed E-state index contributed by atoms with van der Waals surface area (Å²) in [7, 11) is 0. The van der Waals surface area contributed by atoms with E-state index in [0.717, 1.165) is 31.5 Å². The van der Waals surface area contributed by atoms with Gasteiger partial charge in [0.25, 0.3) is 17.4 Å². The van der Waals surface area contributed by atoms with E-state index in [4.69, 9.17) is 5.73 Å². The fourth-order valence-electron chi connectivity index (χ4n) is 3.61. The van der Waals surface area contributed by atoms with Gasteiger partial charge in [0.15, 0.2) is 0 Å². The molecule has 0 spiro atoms. The molecular formula is C20H20N4O3S. The van der Waals surface area contributed by atoms with Crippen molar-refractivity contribution in [1.29, 1.82) is 0 Å². The number of rotatable bonds is 3. The molecule has 3 aromatic rings. The minimum Gasteiger partial charge on any atom is -0.366 e. The number of benzene rings is 1. The van der Waals surface area contributed by atoms with E-state index in [1.165, 1.54) is 11.3 Å². The van der Waals surface area contributed by atoms with Crippen LogP contribution in [0.4, 0.5) is 5.69 Å². The molecule has 28 heavy (non-hydrogen) atoms. The lowest BCUT2D eigenvalue weighted by molar-refractivity contribution is 0.100. The van der Waals surface area contributed by atoms with Crippen molar-refractivity contribution >= 4 is 39.1 Å². The zero-order chi connectivity index (χ0) is 19.8. The Hall–Kier alpha value is -3.00. The molecule has 0 atom stereocenters. The van der Waals surface area contributed by atoms with Crippen LogP contribution in [-0.4, -0.2) is 21.4 Å². The van der Waals surface area contributed by atoms with Crippen molar-refractivity contribution in [3.8, 4) is 0 Å². The molecule has 8 heteroatoms. The van der Waals surface area contributed by atoms with Crippen LogP contribution in [0.3, 0.4) is 0 Å². The number of thiophene rings is 1. The number of para-hydroxylation sites is 1. The van der Waals surface area contributed by atoms with Gasteiger partial charge >= 0.3 is 0 Å². The zero-order valence-electron chi connectivity index (χ0n) is 15.4. The average Bonchev–Trinajstić information content (AvgIpc) is 2.84. The fourth-order valence-corrected chi connectivity index (χ4v) is 4.70. The maximum absolute atomic E-state index is 13.0. The first-order valence-electron chi connectivity index (χ1n) is 9.20. The molecule has 7 nitrogen and oxygen atoms in total. The number of nitrogens with one attached hydrogen (secondary N) is 1. The van der Waals surface area contributed by atoms with E-state index in [0.29, 0.717) is 32.9 Å². The number of nitrogens with two attached hydrogens (primary N) is 1. The number of primary amides is 1. The summed E-state index contributed by atoms with van der Waals surface area (Å²) in [6.07, 6.45) is 3.83. The predicted molar refractivity (Wildman–Crippen MR) is 109 cm³/mol. The van der Waals surface area contributed by atoms with Crippen LogP contribution in [0.25, 0.3) is 10.2 Å². The molecule has 0 saturated heterocycles. The number of amides is 2. The summed E-state index contributed by atoms with van der Waals surface area (Å²) in [5, 5.41) is 3.25. The quantitative estimate of drug-likeness (QED) is 0.710. The molecule has 3 heterocycles. The van der Waals surface area contributed by atoms with E-state index in [1.807, 2.05) is 0 Å². The van der Waals surface area contributed by atoms with Crippen molar-refractivity contribution < 1.29 is 9.59 Å². The van der Waals surface area contributed by atoms with Crippen LogP contribution < -0.4 is 16.6 Å². The van der Waals surface area contributed by atoms with Crippen LogP contribution in [0.15, 0.2) is 29.1 Å². The van der Waals surface area contributed by atoms with Crippen LogP contribution in [0.1, 0.15) is 50.7 Å². The Morgan fingerprint density at radius 1 is 1.21 bits per heavy atom. The summed E-state index contributed by atoms with van der Waals surface area (Å²) in [5.74, 6) is -0.205. The molecule has 0 unspecified atom stereocenters. The number of carbonyl (C=O) groups is 2. The van der Waals surface area contributed by atoms with Gasteiger partial charge in [0.2, 0.25) is 0 Å². The van der Waals surface area contributed by atoms with Gasteiger partial charge in [0.05, 0.1) is 21.5 Å². The van der Waals surface area contributed by atoms with Gasteiger partial charge in [-0.15, -0.1) is 11.3 Å². The molecular weight excluding hydrogens is 376 g/mol. The molecule has 0 fully saturated rings. The summed E-state index contributed by atoms with van der Waals surface area (Å²) in [5.41, 5.74) is 6.50. The summed E-state index contributed by atoms with van der Waals surface area (Å²) in [6, 6.07) is 6.57. The maximum atomic E-state index is 13.0. The van der Waals surface area contributed by atoms with Crippen molar-refractivity contribution in [2.75, 3.05) is 5.32 Å². The average molecular weight is 396 g/mol. The van der Waals surface area contributed by atoms with Crippen LogP contribution in [0.5, 0.6) is 0 Å². The second-order valence-electron chi connectivity index (χ2n) is 6.90. The van der Waals surface area contributed by atoms with Crippen molar-refractivity contribution in [2.24, 2.45) is 5.73 Å². The highest BCUT2D eigenvalue weighted by atomic mass is 32.1. The van der Waals surface area contributed by atoms with Crippen molar-refractivity contribution in [3.63, 3.8) is 0 Å². The normalized spacial score (nSPS) is 13.8. The van der Waals surface area contributed by atoms with Gasteiger partial charge in [0.1, 0.15) is 10.7 Å². The van der Waals surface area contributed by atoms with Gasteiger partial charge in [-0.2, -0.15) is 0 Å². The molecule has 2 aromatic heterocycles. The number of nitrogens with zero attached hydrogens (tertiary/aromatic N) is 2. The molecule has 0 aliphatic carbocycles. The van der Waals surface area contributed by atoms with E-state index in [-0.39, 0.29) is 17.0 Å². The molecule has 0 saturated carbocycles. The minimum absolute atomic E-state index is 0.0766. The number of aromatic nitrogens is 2. The van der Waals surface area contributed by atoms with Crippen molar-refractivity contribution in [2.45, 2.75) is 39.2 Å². The molecule has 1 aromatic carbocycles. The molecule has 4 rings (SSSR count). The van der Waals surface area contributed by atoms with E-state index < -0.39 is 5.91 Å². The third-order valence-corrected chi connectivity index (χ3v) is 6.24. The standard InChI is InChI=1S/C20H20N4O3S/c1-11-15-19(23-14-9-3-2-6-10-24(14)20(15)27)28-16(11)18(26)22-13-8-5-4-7-12(13)17(21)25/h4-5,7-8H,2-3,6,9-10H2,1H3,(H2,21,25)(H,22,26). The third-order valence-electron chi connectivity index (χ3n) is 5.06. The van der Waals surface area contributed by atoms with Gasteiger partial charge in [-0.1, -0.05) is 18.6 Å². The molecule has 0 bridgehead atoms. The van der Waals surface area contributed by atoms with Gasteiger partial charge in [-0.05, 0) is 37.5 Å². The fraction of sp³-hybridized carbons (Fsp3) is 0.300. The number of hydrogen-bond donors (Lipinski definition) is 2. The highest BCUT2D eigenvalue weighted by molar-refractivity contribution is 7.20. The Labute approximate surface area is 165 Å². The summed E-state index contributed by atoms with van der Waals surface area (Å²) < 4.78 is 1.75. The van der Waals surface area contributed by atoms with E-state index in [9.17, 15) is 14.4 Å². The first kappa shape index (κ1) is 18.4. The van der Waals surface area contributed by atoms with Crippen LogP contribution in [0, 0.1) is 6.92 Å². The number of anilines is 1. The lowest BCUT2D eigenvalue weighted by Gasteiger charge is -2.08. The van der Waals surface area contributed by atoms with Crippen LogP contribution in [0.2, 0.25) is 0 Å². The molecule has 2 amide bonds. The maximum Gasteiger partial charge on any atom is 0.266 e. The summed E-state index contributed by atoms with van der Waals surface area (Å²) in [6.45, 7) is 2.43. The summed E-state index contributed by atoms with van der Waals surface area (Å²) in [4.78, 5) is 43.2. The topological polar surface area (TPSA) is 107 Å². The molecule has 1 aliphatic rings. The molecule has 144 valence electrons. The Bertz CT molecular complexity index is 1160. The minimum atomic E-state index is -0.618. The Kier molecular flexibility index (Phi) is 4.72. The van der Waals surface area contributed by atoms with Gasteiger partial charge in [-0.3, -0.25) is 19.0 Å². The largest absolute Gasteiger partial charge is 0.366 e. The van der Waals surface area contributed by atoms with E-state index in [1.54, 1.807) is 35.8 Å². The molecule has 1 aliphatic heterocycles. The van der Waals surface area contributed by atoms with Crippen LogP contribution >= 0.6 is 11.3 Å². The zero-order valence-corrected chi connectivity index (χ0v) is 16.3. The highest BCUT2D eigenvalue weighted by Gasteiger charge is 2.23.